The molecular weight excluding hydrogens is 444 g/mol. The fourth-order valence-electron chi connectivity index (χ4n) is 4.26. The molecule has 0 unspecified atom stereocenters. The van der Waals surface area contributed by atoms with Crippen LogP contribution >= 0.6 is 11.8 Å². The van der Waals surface area contributed by atoms with Gasteiger partial charge in [0, 0.05) is 46.4 Å². The van der Waals surface area contributed by atoms with E-state index in [-0.39, 0.29) is 12.2 Å². The van der Waals surface area contributed by atoms with Crippen molar-refractivity contribution in [2.45, 2.75) is 35.8 Å². The zero-order valence-electron chi connectivity index (χ0n) is 18.8. The molecule has 0 amide bonds. The average Bonchev–Trinajstić information content (AvgIpc) is 3.27. The van der Waals surface area contributed by atoms with E-state index in [1.165, 1.54) is 11.8 Å². The summed E-state index contributed by atoms with van der Waals surface area (Å²) >= 11 is 1.47. The van der Waals surface area contributed by atoms with Crippen molar-refractivity contribution in [1.82, 2.24) is 14.6 Å². The molecule has 1 aliphatic heterocycles. The van der Waals surface area contributed by atoms with Crippen molar-refractivity contribution in [1.29, 1.82) is 5.26 Å². The lowest BCUT2D eigenvalue weighted by molar-refractivity contribution is -0.00545. The third kappa shape index (κ3) is 4.22. The molecule has 3 aromatic heterocycles. The minimum atomic E-state index is 0.166. The monoisotopic (exact) mass is 466 g/mol. The first-order valence-corrected chi connectivity index (χ1v) is 11.8. The van der Waals surface area contributed by atoms with Crippen LogP contribution in [0, 0.1) is 17.9 Å². The highest BCUT2D eigenvalue weighted by Crippen LogP contribution is 2.39. The topological polar surface area (TPSA) is 70.8 Å². The molecule has 0 N–H and O–H groups in total. The third-order valence-electron chi connectivity index (χ3n) is 5.73. The minimum absolute atomic E-state index is 0.166. The lowest BCUT2D eigenvalue weighted by Crippen LogP contribution is -2.45. The number of nitriles is 1. The SMILES string of the molecule is [C-]#[N+]c1ccccc1Sc1cc(-c2ccc(N3C[C@@H](C)O[C@@H](C)C3)nc2)cn2ncc(C#N)c12. The standard InChI is InChI=1S/C26H22N6OS/c1-17-14-31(15-18(2)33-17)25-9-8-19(12-29-25)20-10-24(26-21(11-27)13-30-32(26)16-20)34-23-7-5-4-6-22(23)28-3/h4-10,12-13,16-18H,14-15H2,1-2H3/t17-,18+. The molecule has 168 valence electrons. The number of anilines is 1. The molecule has 5 rings (SSSR count). The molecule has 7 nitrogen and oxygen atoms in total. The van der Waals surface area contributed by atoms with Gasteiger partial charge in [-0.3, -0.25) is 0 Å². The molecule has 4 heterocycles. The van der Waals surface area contributed by atoms with Gasteiger partial charge in [-0.05, 0) is 32.0 Å². The summed E-state index contributed by atoms with van der Waals surface area (Å²) in [6.45, 7) is 13.3. The van der Waals surface area contributed by atoms with Gasteiger partial charge in [-0.15, -0.1) is 0 Å². The molecule has 1 aliphatic rings. The molecule has 34 heavy (non-hydrogen) atoms. The number of hydrogen-bond donors (Lipinski definition) is 0. The summed E-state index contributed by atoms with van der Waals surface area (Å²) in [5.74, 6) is 0.929. The van der Waals surface area contributed by atoms with E-state index in [4.69, 9.17) is 16.3 Å². The van der Waals surface area contributed by atoms with E-state index in [1.54, 1.807) is 16.8 Å². The predicted molar refractivity (Wildman–Crippen MR) is 132 cm³/mol. The maximum absolute atomic E-state index is 9.61. The molecule has 0 bridgehead atoms. The van der Waals surface area contributed by atoms with Gasteiger partial charge in [0.25, 0.3) is 0 Å². The van der Waals surface area contributed by atoms with Crippen molar-refractivity contribution in [2.75, 3.05) is 18.0 Å². The van der Waals surface area contributed by atoms with Gasteiger partial charge in [0.2, 0.25) is 5.69 Å². The van der Waals surface area contributed by atoms with Crippen LogP contribution in [0.1, 0.15) is 19.4 Å². The molecule has 0 radical (unpaired) electrons. The fourth-order valence-corrected chi connectivity index (χ4v) is 5.35. The largest absolute Gasteiger partial charge is 0.372 e. The summed E-state index contributed by atoms with van der Waals surface area (Å²) in [5.41, 5.74) is 3.70. The molecule has 4 aromatic rings. The molecule has 2 atom stereocenters. The molecule has 1 saturated heterocycles. The second-order valence-corrected chi connectivity index (χ2v) is 9.39. The van der Waals surface area contributed by atoms with Crippen molar-refractivity contribution in [3.05, 3.63) is 78.0 Å². The first-order valence-electron chi connectivity index (χ1n) is 11.0. The smallest absolute Gasteiger partial charge is 0.200 e. The van der Waals surface area contributed by atoms with E-state index in [0.29, 0.717) is 11.3 Å². The Hall–Kier alpha value is -3.85. The zero-order chi connectivity index (χ0) is 23.7. The Kier molecular flexibility index (Phi) is 5.93. The van der Waals surface area contributed by atoms with Crippen molar-refractivity contribution < 1.29 is 4.74 Å². The lowest BCUT2D eigenvalue weighted by Gasteiger charge is -2.36. The van der Waals surface area contributed by atoms with Crippen LogP contribution in [0.5, 0.6) is 0 Å². The van der Waals surface area contributed by atoms with Gasteiger partial charge < -0.3 is 9.64 Å². The van der Waals surface area contributed by atoms with E-state index >= 15 is 0 Å². The van der Waals surface area contributed by atoms with Gasteiger partial charge in [0.05, 0.1) is 36.1 Å². The number of para-hydroxylation sites is 1. The van der Waals surface area contributed by atoms with Gasteiger partial charge in [0.1, 0.15) is 11.9 Å². The summed E-state index contributed by atoms with van der Waals surface area (Å²) in [4.78, 5) is 12.3. The predicted octanol–water partition coefficient (Wildman–Crippen LogP) is 5.58. The molecule has 0 aliphatic carbocycles. The zero-order valence-corrected chi connectivity index (χ0v) is 19.7. The average molecular weight is 467 g/mol. The van der Waals surface area contributed by atoms with Crippen molar-refractivity contribution in [3.63, 3.8) is 0 Å². The Morgan fingerprint density at radius 1 is 1.09 bits per heavy atom. The third-order valence-corrected chi connectivity index (χ3v) is 6.82. The molecule has 1 fully saturated rings. The van der Waals surface area contributed by atoms with E-state index < -0.39 is 0 Å². The summed E-state index contributed by atoms with van der Waals surface area (Å²) in [7, 11) is 0. The molecule has 0 spiro atoms. The van der Waals surface area contributed by atoms with Crippen LogP contribution in [-0.4, -0.2) is 39.9 Å². The Bertz CT molecular complexity index is 1420. The van der Waals surface area contributed by atoms with E-state index in [0.717, 1.165) is 45.3 Å². The second-order valence-electron chi connectivity index (χ2n) is 8.31. The number of hydrogen-bond acceptors (Lipinski definition) is 6. The summed E-state index contributed by atoms with van der Waals surface area (Å²) in [6, 6.07) is 15.9. The maximum Gasteiger partial charge on any atom is 0.200 e. The molecular formula is C26H22N6OS. The number of pyridine rings is 2. The van der Waals surface area contributed by atoms with Crippen molar-refractivity contribution >= 4 is 28.8 Å². The first-order chi connectivity index (χ1) is 16.6. The van der Waals surface area contributed by atoms with E-state index in [1.807, 2.05) is 42.7 Å². The van der Waals surface area contributed by atoms with Gasteiger partial charge in [-0.25, -0.2) is 14.3 Å². The van der Waals surface area contributed by atoms with Gasteiger partial charge in [-0.1, -0.05) is 36.0 Å². The van der Waals surface area contributed by atoms with Crippen molar-refractivity contribution in [3.8, 4) is 17.2 Å². The number of aromatic nitrogens is 3. The van der Waals surface area contributed by atoms with Gasteiger partial charge in [0.15, 0.2) is 0 Å². The number of fused-ring (bicyclic) bond motifs is 1. The number of nitrogens with zero attached hydrogens (tertiary/aromatic N) is 6. The van der Waals surface area contributed by atoms with Crippen molar-refractivity contribution in [2.24, 2.45) is 0 Å². The van der Waals surface area contributed by atoms with Crippen LogP contribution < -0.4 is 4.90 Å². The lowest BCUT2D eigenvalue weighted by atomic mass is 10.1. The molecule has 8 heteroatoms. The Morgan fingerprint density at radius 2 is 1.88 bits per heavy atom. The number of benzene rings is 1. The van der Waals surface area contributed by atoms with Gasteiger partial charge >= 0.3 is 0 Å². The van der Waals surface area contributed by atoms with Crippen LogP contribution in [0.2, 0.25) is 0 Å². The highest BCUT2D eigenvalue weighted by atomic mass is 32.2. The number of morpholine rings is 1. The number of rotatable bonds is 4. The van der Waals surface area contributed by atoms with Crippen LogP contribution in [0.25, 0.3) is 21.5 Å². The first kappa shape index (κ1) is 22.0. The highest BCUT2D eigenvalue weighted by Gasteiger charge is 2.23. The molecule has 0 saturated carbocycles. The van der Waals surface area contributed by atoms with Crippen LogP contribution in [0.15, 0.2) is 70.8 Å². The van der Waals surface area contributed by atoms with Crippen LogP contribution in [0.4, 0.5) is 11.5 Å². The summed E-state index contributed by atoms with van der Waals surface area (Å²) in [5, 5.41) is 14.0. The Balaban J connectivity index is 1.53. The second kappa shape index (κ2) is 9.18. The Morgan fingerprint density at radius 3 is 2.59 bits per heavy atom. The summed E-state index contributed by atoms with van der Waals surface area (Å²) < 4.78 is 7.57. The quantitative estimate of drug-likeness (QED) is 0.366. The Labute approximate surface area is 202 Å². The van der Waals surface area contributed by atoms with Crippen LogP contribution in [-0.2, 0) is 4.74 Å². The maximum atomic E-state index is 9.61. The highest BCUT2D eigenvalue weighted by molar-refractivity contribution is 7.99. The van der Waals surface area contributed by atoms with Gasteiger partial charge in [-0.2, -0.15) is 10.4 Å². The van der Waals surface area contributed by atoms with E-state index in [9.17, 15) is 5.26 Å². The fraction of sp³-hybridized carbons (Fsp3) is 0.231. The summed E-state index contributed by atoms with van der Waals surface area (Å²) in [6.07, 6.45) is 5.69. The minimum Gasteiger partial charge on any atom is -0.372 e. The molecule has 1 aromatic carbocycles. The van der Waals surface area contributed by atoms with E-state index in [2.05, 4.69) is 40.8 Å². The number of ether oxygens (including phenoxy) is 1. The normalized spacial score (nSPS) is 17.9. The van der Waals surface area contributed by atoms with Crippen LogP contribution in [0.3, 0.4) is 0 Å².